The number of aryl methyl sites for hydroxylation is 1. The Morgan fingerprint density at radius 3 is 2.77 bits per heavy atom. The van der Waals surface area contributed by atoms with Gasteiger partial charge in [0, 0.05) is 35.6 Å². The minimum atomic E-state index is -0.834. The van der Waals surface area contributed by atoms with Gasteiger partial charge in [0.15, 0.2) is 22.7 Å². The molecule has 132 valence electrons. The smallest absolute Gasteiger partial charge is 0.191 e. The van der Waals surface area contributed by atoms with Gasteiger partial charge in [-0.15, -0.1) is 21.5 Å². The fraction of sp³-hybridized carbons (Fsp3) is 0.294. The zero-order chi connectivity index (χ0) is 18.5. The average molecular weight is 384 g/mol. The summed E-state index contributed by atoms with van der Waals surface area (Å²) < 4.78 is 1.95. The molecule has 26 heavy (non-hydrogen) atoms. The minimum absolute atomic E-state index is 0.144. The molecule has 0 aromatic carbocycles. The van der Waals surface area contributed by atoms with Crippen LogP contribution in [0.25, 0.3) is 11.4 Å². The third kappa shape index (κ3) is 3.81. The van der Waals surface area contributed by atoms with Crippen molar-refractivity contribution in [2.75, 3.05) is 5.75 Å². The molecule has 0 unspecified atom stereocenters. The number of hydrogen-bond donors (Lipinski definition) is 0. The van der Waals surface area contributed by atoms with E-state index < -0.39 is 5.92 Å². The molecule has 0 bridgehead atoms. The first-order valence-electron chi connectivity index (χ1n) is 7.94. The number of hydrogen-bond acceptors (Lipinski definition) is 8. The highest BCUT2D eigenvalue weighted by atomic mass is 32.2. The van der Waals surface area contributed by atoms with E-state index in [9.17, 15) is 10.1 Å². The molecule has 3 aromatic heterocycles. The van der Waals surface area contributed by atoms with Gasteiger partial charge < -0.3 is 4.57 Å². The van der Waals surface area contributed by atoms with E-state index in [-0.39, 0.29) is 11.5 Å². The van der Waals surface area contributed by atoms with Crippen molar-refractivity contribution < 1.29 is 4.79 Å². The van der Waals surface area contributed by atoms with Crippen molar-refractivity contribution in [2.24, 2.45) is 0 Å². The van der Waals surface area contributed by atoms with Gasteiger partial charge in [-0.2, -0.15) is 5.26 Å². The monoisotopic (exact) mass is 384 g/mol. The summed E-state index contributed by atoms with van der Waals surface area (Å²) in [5.41, 5.74) is 1.74. The van der Waals surface area contributed by atoms with Gasteiger partial charge in [0.05, 0.1) is 11.8 Å². The second kappa shape index (κ2) is 8.21. The molecule has 3 heterocycles. The molecule has 0 spiro atoms. The Kier molecular flexibility index (Phi) is 5.75. The topological polar surface area (TPSA) is 97.3 Å². The Hall–Kier alpha value is -2.57. The number of thiazole rings is 1. The molecule has 0 N–H and O–H groups in total. The first kappa shape index (κ1) is 18.2. The van der Waals surface area contributed by atoms with E-state index in [2.05, 4.69) is 26.2 Å². The molecule has 0 saturated carbocycles. The number of Topliss-reactive ketones (excluding diaryl/α,β-unsaturated/α-hetero) is 1. The van der Waals surface area contributed by atoms with Crippen LogP contribution in [0.5, 0.6) is 0 Å². The predicted molar refractivity (Wildman–Crippen MR) is 99.9 cm³/mol. The van der Waals surface area contributed by atoms with Crippen LogP contribution < -0.4 is 0 Å². The molecule has 1 atom stereocenters. The minimum Gasteiger partial charge on any atom is -0.302 e. The summed E-state index contributed by atoms with van der Waals surface area (Å²) in [5.74, 6) is -0.134. The molecule has 9 heteroatoms. The van der Waals surface area contributed by atoms with Crippen molar-refractivity contribution >= 4 is 28.9 Å². The van der Waals surface area contributed by atoms with Crippen LogP contribution in [-0.2, 0) is 11.3 Å². The zero-order valence-electron chi connectivity index (χ0n) is 14.3. The summed E-state index contributed by atoms with van der Waals surface area (Å²) in [6.45, 7) is 4.52. The number of thioether (sulfide) groups is 1. The Morgan fingerprint density at radius 2 is 2.15 bits per heavy atom. The van der Waals surface area contributed by atoms with Gasteiger partial charge >= 0.3 is 0 Å². The quantitative estimate of drug-likeness (QED) is 0.577. The SMILES string of the molecule is CCn1c(SCC(=O)[C@H](C#N)c2nc(C)cs2)nnc1-c1ccncc1. The molecule has 0 saturated heterocycles. The lowest BCUT2D eigenvalue weighted by atomic mass is 10.1. The molecule has 3 rings (SSSR count). The molecular weight excluding hydrogens is 368 g/mol. The maximum atomic E-state index is 12.5. The molecule has 7 nitrogen and oxygen atoms in total. The normalized spacial score (nSPS) is 11.9. The van der Waals surface area contributed by atoms with Gasteiger partial charge in [0.1, 0.15) is 5.01 Å². The standard InChI is InChI=1S/C17H16N6OS2/c1-3-23-15(12-4-6-19-7-5-12)21-22-17(23)26-10-14(24)13(8-18)16-20-11(2)9-25-16/h4-7,9,13H,3,10H2,1-2H3/t13-/m0/s1. The van der Waals surface area contributed by atoms with Crippen molar-refractivity contribution in [3.63, 3.8) is 0 Å². The maximum Gasteiger partial charge on any atom is 0.191 e. The van der Waals surface area contributed by atoms with Crippen LogP contribution in [0.2, 0.25) is 0 Å². The van der Waals surface area contributed by atoms with E-state index in [0.717, 1.165) is 17.1 Å². The summed E-state index contributed by atoms with van der Waals surface area (Å²) in [6.07, 6.45) is 3.40. The molecule has 0 aliphatic rings. The summed E-state index contributed by atoms with van der Waals surface area (Å²) in [7, 11) is 0. The lowest BCUT2D eigenvalue weighted by Gasteiger charge is -2.08. The third-order valence-electron chi connectivity index (χ3n) is 3.65. The predicted octanol–water partition coefficient (Wildman–Crippen LogP) is 3.09. The largest absolute Gasteiger partial charge is 0.302 e. The summed E-state index contributed by atoms with van der Waals surface area (Å²) in [5, 5.41) is 20.8. The van der Waals surface area contributed by atoms with Gasteiger partial charge in [0.25, 0.3) is 0 Å². The van der Waals surface area contributed by atoms with E-state index in [1.54, 1.807) is 12.4 Å². The van der Waals surface area contributed by atoms with Crippen molar-refractivity contribution in [3.8, 4) is 17.5 Å². The summed E-state index contributed by atoms with van der Waals surface area (Å²) in [4.78, 5) is 20.8. The fourth-order valence-electron chi connectivity index (χ4n) is 2.38. The van der Waals surface area contributed by atoms with Gasteiger partial charge in [-0.3, -0.25) is 9.78 Å². The Morgan fingerprint density at radius 1 is 1.38 bits per heavy atom. The first-order valence-corrected chi connectivity index (χ1v) is 9.81. The van der Waals surface area contributed by atoms with Crippen LogP contribution >= 0.6 is 23.1 Å². The average Bonchev–Trinajstić information content (AvgIpc) is 3.27. The summed E-state index contributed by atoms with van der Waals surface area (Å²) >= 11 is 2.63. The fourth-order valence-corrected chi connectivity index (χ4v) is 4.15. The molecule has 0 radical (unpaired) electrons. The van der Waals surface area contributed by atoms with Crippen LogP contribution in [-0.4, -0.2) is 36.3 Å². The van der Waals surface area contributed by atoms with Crippen LogP contribution in [0.1, 0.15) is 23.5 Å². The van der Waals surface area contributed by atoms with Gasteiger partial charge in [-0.05, 0) is 26.0 Å². The van der Waals surface area contributed by atoms with E-state index >= 15 is 0 Å². The molecule has 3 aromatic rings. The number of carbonyl (C=O) groups excluding carboxylic acids is 1. The number of nitrogens with zero attached hydrogens (tertiary/aromatic N) is 6. The number of ketones is 1. The van der Waals surface area contributed by atoms with Gasteiger partial charge in [-0.25, -0.2) is 4.98 Å². The zero-order valence-corrected chi connectivity index (χ0v) is 15.9. The highest BCUT2D eigenvalue weighted by Crippen LogP contribution is 2.26. The van der Waals surface area contributed by atoms with Gasteiger partial charge in [0.2, 0.25) is 0 Å². The second-order valence-electron chi connectivity index (χ2n) is 5.43. The Labute approximate surface area is 159 Å². The van der Waals surface area contributed by atoms with Crippen molar-refractivity contribution in [2.45, 2.75) is 31.5 Å². The third-order valence-corrected chi connectivity index (χ3v) is 5.67. The van der Waals surface area contributed by atoms with Crippen LogP contribution in [0, 0.1) is 18.3 Å². The van der Waals surface area contributed by atoms with Crippen molar-refractivity contribution in [3.05, 3.63) is 40.6 Å². The molecule has 0 aliphatic carbocycles. The number of aromatic nitrogens is 5. The number of rotatable bonds is 7. The van der Waals surface area contributed by atoms with Crippen molar-refractivity contribution in [1.82, 2.24) is 24.7 Å². The van der Waals surface area contributed by atoms with E-state index in [1.165, 1.54) is 23.1 Å². The maximum absolute atomic E-state index is 12.5. The first-order chi connectivity index (χ1) is 12.6. The highest BCUT2D eigenvalue weighted by molar-refractivity contribution is 7.99. The van der Waals surface area contributed by atoms with E-state index in [4.69, 9.17) is 0 Å². The second-order valence-corrected chi connectivity index (χ2v) is 7.26. The van der Waals surface area contributed by atoms with Crippen LogP contribution in [0.3, 0.4) is 0 Å². The molecule has 0 aliphatic heterocycles. The number of nitriles is 1. The Balaban J connectivity index is 1.74. The highest BCUT2D eigenvalue weighted by Gasteiger charge is 2.24. The summed E-state index contributed by atoms with van der Waals surface area (Å²) in [6, 6.07) is 5.80. The number of carbonyl (C=O) groups is 1. The lowest BCUT2D eigenvalue weighted by molar-refractivity contribution is -0.116. The molecule has 0 fully saturated rings. The van der Waals surface area contributed by atoms with E-state index in [1.807, 2.05) is 35.9 Å². The van der Waals surface area contributed by atoms with E-state index in [0.29, 0.717) is 16.7 Å². The van der Waals surface area contributed by atoms with Crippen molar-refractivity contribution in [1.29, 1.82) is 5.26 Å². The lowest BCUT2D eigenvalue weighted by Crippen LogP contribution is -2.13. The molecular formula is C17H16N6OS2. The van der Waals surface area contributed by atoms with Gasteiger partial charge in [-0.1, -0.05) is 11.8 Å². The number of pyridine rings is 1. The van der Waals surface area contributed by atoms with Crippen LogP contribution in [0.4, 0.5) is 0 Å². The Bertz CT molecular complexity index is 944. The molecule has 0 amide bonds. The van der Waals surface area contributed by atoms with Crippen LogP contribution in [0.15, 0.2) is 35.1 Å².